The molecule has 25 heavy (non-hydrogen) atoms. The summed E-state index contributed by atoms with van der Waals surface area (Å²) >= 11 is 5.82. The molecule has 3 rings (SSSR count). The maximum absolute atomic E-state index is 12.5. The molecule has 0 fully saturated rings. The Balaban J connectivity index is 1.89. The molecule has 0 aliphatic heterocycles. The van der Waals surface area contributed by atoms with Gasteiger partial charge in [-0.05, 0) is 61.9 Å². The topological polar surface area (TPSA) is 51.1 Å². The van der Waals surface area contributed by atoms with Gasteiger partial charge in [-0.25, -0.2) is 13.1 Å². The van der Waals surface area contributed by atoms with Gasteiger partial charge >= 0.3 is 0 Å². The molecule has 1 N–H and O–H groups in total. The van der Waals surface area contributed by atoms with Crippen molar-refractivity contribution in [1.29, 1.82) is 0 Å². The average Bonchev–Trinajstić information content (AvgIpc) is 2.92. The van der Waals surface area contributed by atoms with E-state index < -0.39 is 10.0 Å². The van der Waals surface area contributed by atoms with Crippen molar-refractivity contribution in [3.05, 3.63) is 82.6 Å². The molecule has 0 saturated heterocycles. The van der Waals surface area contributed by atoms with Gasteiger partial charge in [-0.1, -0.05) is 29.8 Å². The summed E-state index contributed by atoms with van der Waals surface area (Å²) in [7, 11) is -3.60. The Morgan fingerprint density at radius 2 is 1.52 bits per heavy atom. The first kappa shape index (κ1) is 17.7. The summed E-state index contributed by atoms with van der Waals surface area (Å²) in [5, 5.41) is 0.503. The van der Waals surface area contributed by atoms with E-state index in [1.165, 1.54) is 12.1 Å². The van der Waals surface area contributed by atoms with E-state index in [4.69, 9.17) is 11.6 Å². The van der Waals surface area contributed by atoms with Gasteiger partial charge in [0.1, 0.15) is 0 Å². The predicted octanol–water partition coefficient (Wildman–Crippen LogP) is 4.23. The molecule has 0 saturated carbocycles. The van der Waals surface area contributed by atoms with Crippen LogP contribution in [0.4, 0.5) is 0 Å². The van der Waals surface area contributed by atoms with Gasteiger partial charge in [-0.2, -0.15) is 0 Å². The molecule has 3 aromatic rings. The van der Waals surface area contributed by atoms with Crippen LogP contribution in [-0.4, -0.2) is 13.0 Å². The van der Waals surface area contributed by atoms with Crippen LogP contribution in [0.15, 0.2) is 65.6 Å². The third-order valence-corrected chi connectivity index (χ3v) is 5.75. The van der Waals surface area contributed by atoms with Crippen LogP contribution < -0.4 is 4.72 Å². The third-order valence-electron chi connectivity index (χ3n) is 4.08. The van der Waals surface area contributed by atoms with Gasteiger partial charge in [-0.3, -0.25) is 0 Å². The number of hydrogen-bond acceptors (Lipinski definition) is 2. The number of aromatic nitrogens is 1. The number of benzene rings is 2. The first-order valence-corrected chi connectivity index (χ1v) is 9.73. The van der Waals surface area contributed by atoms with Crippen LogP contribution in [0.3, 0.4) is 0 Å². The van der Waals surface area contributed by atoms with E-state index >= 15 is 0 Å². The standard InChI is InChI=1S/C19H19ClN2O2S/c1-14-7-8-15(2)22(14)19-6-4-3-5-16(19)13-21-25(23,24)18-11-9-17(20)10-12-18/h3-12,21H,13H2,1-2H3. The highest BCUT2D eigenvalue weighted by Crippen LogP contribution is 2.21. The second-order valence-electron chi connectivity index (χ2n) is 5.86. The van der Waals surface area contributed by atoms with Crippen LogP contribution in [-0.2, 0) is 16.6 Å². The fraction of sp³-hybridized carbons (Fsp3) is 0.158. The molecule has 6 heteroatoms. The number of aryl methyl sites for hydroxylation is 2. The number of nitrogens with one attached hydrogen (secondary N) is 1. The summed E-state index contributed by atoms with van der Waals surface area (Å²) in [5.74, 6) is 0. The SMILES string of the molecule is Cc1ccc(C)n1-c1ccccc1CNS(=O)(=O)c1ccc(Cl)cc1. The van der Waals surface area contributed by atoms with Crippen molar-refractivity contribution < 1.29 is 8.42 Å². The predicted molar refractivity (Wildman–Crippen MR) is 101 cm³/mol. The van der Waals surface area contributed by atoms with Crippen LogP contribution in [0, 0.1) is 13.8 Å². The van der Waals surface area contributed by atoms with Gasteiger partial charge in [0.2, 0.25) is 10.0 Å². The minimum absolute atomic E-state index is 0.197. The summed E-state index contributed by atoms with van der Waals surface area (Å²) in [6.45, 7) is 4.27. The van der Waals surface area contributed by atoms with E-state index in [0.717, 1.165) is 22.6 Å². The van der Waals surface area contributed by atoms with E-state index in [-0.39, 0.29) is 11.4 Å². The van der Waals surface area contributed by atoms with Crippen molar-refractivity contribution in [2.45, 2.75) is 25.3 Å². The maximum Gasteiger partial charge on any atom is 0.240 e. The van der Waals surface area contributed by atoms with Gasteiger partial charge in [-0.15, -0.1) is 0 Å². The summed E-state index contributed by atoms with van der Waals surface area (Å²) in [5.41, 5.74) is 4.08. The highest BCUT2D eigenvalue weighted by atomic mass is 35.5. The lowest BCUT2D eigenvalue weighted by atomic mass is 10.1. The first-order valence-electron chi connectivity index (χ1n) is 7.87. The molecular weight excluding hydrogens is 356 g/mol. The second kappa shape index (κ2) is 7.04. The minimum atomic E-state index is -3.60. The van der Waals surface area contributed by atoms with Gasteiger partial charge in [0, 0.05) is 28.6 Å². The van der Waals surface area contributed by atoms with Crippen LogP contribution in [0.5, 0.6) is 0 Å². The Bertz CT molecular complexity index is 973. The Morgan fingerprint density at radius 3 is 2.16 bits per heavy atom. The molecule has 0 spiro atoms. The molecule has 0 atom stereocenters. The van der Waals surface area contributed by atoms with Crippen LogP contribution >= 0.6 is 11.6 Å². The fourth-order valence-electron chi connectivity index (χ4n) is 2.80. The zero-order chi connectivity index (χ0) is 18.0. The number of sulfonamides is 1. The van der Waals surface area contributed by atoms with Gasteiger partial charge in [0.05, 0.1) is 4.90 Å². The number of rotatable bonds is 5. The van der Waals surface area contributed by atoms with Crippen molar-refractivity contribution >= 4 is 21.6 Å². The molecule has 0 bridgehead atoms. The molecule has 0 aliphatic carbocycles. The molecule has 0 radical (unpaired) electrons. The third kappa shape index (κ3) is 3.79. The monoisotopic (exact) mass is 374 g/mol. The van der Waals surface area contributed by atoms with Gasteiger partial charge in [0.15, 0.2) is 0 Å². The number of nitrogens with zero attached hydrogens (tertiary/aromatic N) is 1. The average molecular weight is 375 g/mol. The molecule has 130 valence electrons. The summed E-state index contributed by atoms with van der Waals surface area (Å²) in [6, 6.07) is 18.0. The Labute approximate surface area is 153 Å². The van der Waals surface area contributed by atoms with Crippen molar-refractivity contribution in [2.75, 3.05) is 0 Å². The van der Waals surface area contributed by atoms with Crippen LogP contribution in [0.25, 0.3) is 5.69 Å². The summed E-state index contributed by atoms with van der Waals surface area (Å²) in [6.07, 6.45) is 0. The lowest BCUT2D eigenvalue weighted by molar-refractivity contribution is 0.581. The van der Waals surface area contributed by atoms with Crippen LogP contribution in [0.1, 0.15) is 17.0 Å². The largest absolute Gasteiger partial charge is 0.318 e. The first-order chi connectivity index (χ1) is 11.9. The highest BCUT2D eigenvalue weighted by Gasteiger charge is 2.15. The van der Waals surface area contributed by atoms with E-state index in [1.54, 1.807) is 12.1 Å². The van der Waals surface area contributed by atoms with Crippen molar-refractivity contribution in [1.82, 2.24) is 9.29 Å². The van der Waals surface area contributed by atoms with Crippen molar-refractivity contribution in [3.63, 3.8) is 0 Å². The van der Waals surface area contributed by atoms with E-state index in [2.05, 4.69) is 9.29 Å². The highest BCUT2D eigenvalue weighted by molar-refractivity contribution is 7.89. The second-order valence-corrected chi connectivity index (χ2v) is 8.06. The van der Waals surface area contributed by atoms with Crippen molar-refractivity contribution in [3.8, 4) is 5.69 Å². The molecule has 4 nitrogen and oxygen atoms in total. The van der Waals surface area contributed by atoms with Gasteiger partial charge in [0.25, 0.3) is 0 Å². The van der Waals surface area contributed by atoms with Crippen LogP contribution in [0.2, 0.25) is 5.02 Å². The lowest BCUT2D eigenvalue weighted by Crippen LogP contribution is -2.24. The normalized spacial score (nSPS) is 11.6. The Morgan fingerprint density at radius 1 is 0.920 bits per heavy atom. The molecule has 1 heterocycles. The molecule has 0 aliphatic rings. The Kier molecular flexibility index (Phi) is 4.99. The smallest absolute Gasteiger partial charge is 0.240 e. The number of halogens is 1. The number of para-hydroxylation sites is 1. The van der Waals surface area contributed by atoms with E-state index in [1.807, 2.05) is 50.2 Å². The Hall–Kier alpha value is -2.08. The minimum Gasteiger partial charge on any atom is -0.318 e. The molecule has 0 unspecified atom stereocenters. The van der Waals surface area contributed by atoms with E-state index in [9.17, 15) is 8.42 Å². The molecule has 1 aromatic heterocycles. The van der Waals surface area contributed by atoms with Gasteiger partial charge < -0.3 is 4.57 Å². The zero-order valence-corrected chi connectivity index (χ0v) is 15.6. The van der Waals surface area contributed by atoms with Crippen molar-refractivity contribution in [2.24, 2.45) is 0 Å². The quantitative estimate of drug-likeness (QED) is 0.726. The maximum atomic E-state index is 12.5. The lowest BCUT2D eigenvalue weighted by Gasteiger charge is -2.15. The molecule has 2 aromatic carbocycles. The fourth-order valence-corrected chi connectivity index (χ4v) is 3.93. The summed E-state index contributed by atoms with van der Waals surface area (Å²) in [4.78, 5) is 0.197. The zero-order valence-electron chi connectivity index (χ0n) is 14.0. The molecular formula is C19H19ClN2O2S. The number of hydrogen-bond donors (Lipinski definition) is 1. The molecule has 0 amide bonds. The summed E-state index contributed by atoms with van der Waals surface area (Å²) < 4.78 is 29.8. The van der Waals surface area contributed by atoms with E-state index in [0.29, 0.717) is 5.02 Å².